The molecule has 8 nitrogen and oxygen atoms in total. The van der Waals surface area contributed by atoms with Gasteiger partial charge in [0.1, 0.15) is 6.61 Å². The highest BCUT2D eigenvalue weighted by atomic mass is 16.6. The molecule has 2 fully saturated rings. The molecule has 2 aliphatic rings. The van der Waals surface area contributed by atoms with Crippen LogP contribution in [0.3, 0.4) is 0 Å². The van der Waals surface area contributed by atoms with Crippen molar-refractivity contribution < 1.29 is 19.1 Å². The van der Waals surface area contributed by atoms with Gasteiger partial charge in [0.2, 0.25) is 0 Å². The van der Waals surface area contributed by atoms with Gasteiger partial charge < -0.3 is 14.5 Å². The Morgan fingerprint density at radius 2 is 1.56 bits per heavy atom. The van der Waals surface area contributed by atoms with Crippen molar-refractivity contribution in [1.29, 1.82) is 0 Å². The van der Waals surface area contributed by atoms with Crippen LogP contribution < -0.4 is 4.90 Å². The molecule has 0 bridgehead atoms. The molecule has 0 aliphatic carbocycles. The van der Waals surface area contributed by atoms with Gasteiger partial charge in [-0.15, -0.1) is 0 Å². The number of urea groups is 2. The van der Waals surface area contributed by atoms with Crippen LogP contribution in [-0.4, -0.2) is 72.1 Å². The van der Waals surface area contributed by atoms with E-state index in [-0.39, 0.29) is 25.7 Å². The third-order valence-corrected chi connectivity index (χ3v) is 5.92. The molecule has 5 amide bonds. The third kappa shape index (κ3) is 4.54. The second-order valence-corrected chi connectivity index (χ2v) is 8.17. The lowest BCUT2D eigenvalue weighted by molar-refractivity contribution is 0.108. The maximum atomic E-state index is 13.0. The highest BCUT2D eigenvalue weighted by molar-refractivity contribution is 6.01. The number of nitrogens with zero attached hydrogens (tertiary/aromatic N) is 4. The van der Waals surface area contributed by atoms with Gasteiger partial charge in [-0.2, -0.15) is 0 Å². The summed E-state index contributed by atoms with van der Waals surface area (Å²) in [6.45, 7) is 6.98. The summed E-state index contributed by atoms with van der Waals surface area (Å²) in [4.78, 5) is 44.1. The van der Waals surface area contributed by atoms with Gasteiger partial charge >= 0.3 is 18.2 Å². The lowest BCUT2D eigenvalue weighted by Crippen LogP contribution is -2.54. The lowest BCUT2D eigenvalue weighted by Gasteiger charge is -2.38. The first-order valence-electron chi connectivity index (χ1n) is 10.8. The molecule has 0 atom stereocenters. The zero-order chi connectivity index (χ0) is 22.7. The first-order chi connectivity index (χ1) is 15.4. The molecule has 0 spiro atoms. The molecule has 0 N–H and O–H groups in total. The summed E-state index contributed by atoms with van der Waals surface area (Å²) < 4.78 is 5.25. The van der Waals surface area contributed by atoms with Gasteiger partial charge in [0.05, 0.1) is 13.1 Å². The number of benzene rings is 2. The number of hydrogen-bond acceptors (Lipinski definition) is 5. The number of aryl methyl sites for hydroxylation is 2. The van der Waals surface area contributed by atoms with E-state index in [0.717, 1.165) is 15.4 Å². The molecule has 0 aromatic heterocycles. The summed E-state index contributed by atoms with van der Waals surface area (Å²) >= 11 is 0. The minimum Gasteiger partial charge on any atom is -0.444 e. The second-order valence-electron chi connectivity index (χ2n) is 8.17. The van der Waals surface area contributed by atoms with Gasteiger partial charge in [0.15, 0.2) is 0 Å². The van der Waals surface area contributed by atoms with E-state index in [1.807, 2.05) is 30.3 Å². The molecule has 2 aliphatic heterocycles. The van der Waals surface area contributed by atoms with Crippen LogP contribution in [0.15, 0.2) is 48.5 Å². The fourth-order valence-electron chi connectivity index (χ4n) is 4.05. The monoisotopic (exact) mass is 436 g/mol. The average Bonchev–Trinajstić information content (AvgIpc) is 3.20. The predicted octanol–water partition coefficient (Wildman–Crippen LogP) is 3.62. The van der Waals surface area contributed by atoms with E-state index < -0.39 is 12.1 Å². The van der Waals surface area contributed by atoms with Crippen LogP contribution in [0.2, 0.25) is 0 Å². The predicted molar refractivity (Wildman–Crippen MR) is 121 cm³/mol. The van der Waals surface area contributed by atoms with Gasteiger partial charge in [-0.25, -0.2) is 24.2 Å². The number of piperazine rings is 1. The number of hydrogen-bond donors (Lipinski definition) is 0. The summed E-state index contributed by atoms with van der Waals surface area (Å²) in [7, 11) is 0. The first-order valence-corrected chi connectivity index (χ1v) is 10.8. The number of carbonyl (C=O) groups is 3. The third-order valence-electron chi connectivity index (χ3n) is 5.92. The number of imide groups is 2. The van der Waals surface area contributed by atoms with E-state index >= 15 is 0 Å². The molecule has 2 aromatic carbocycles. The smallest absolute Gasteiger partial charge is 0.418 e. The molecule has 8 heteroatoms. The Balaban J connectivity index is 1.31. The van der Waals surface area contributed by atoms with Crippen LogP contribution in [0.1, 0.15) is 16.7 Å². The largest absolute Gasteiger partial charge is 0.444 e. The van der Waals surface area contributed by atoms with E-state index in [1.54, 1.807) is 4.90 Å². The van der Waals surface area contributed by atoms with Crippen molar-refractivity contribution in [1.82, 2.24) is 14.7 Å². The lowest BCUT2D eigenvalue weighted by atomic mass is 10.1. The Bertz CT molecular complexity index is 1000. The van der Waals surface area contributed by atoms with Gasteiger partial charge in [-0.1, -0.05) is 42.5 Å². The molecule has 2 saturated heterocycles. The van der Waals surface area contributed by atoms with E-state index in [2.05, 4.69) is 36.9 Å². The molecule has 4 rings (SSSR count). The maximum Gasteiger partial charge on any atom is 0.418 e. The standard InChI is InChI=1S/C24H28N4O4/c1-18-8-9-19(2)21(16-18)25-10-12-26(13-11-25)22(29)27-14-15-28(23(27)30)24(31)32-17-20-6-4-3-5-7-20/h3-9,16H,10-15,17H2,1-2H3. The number of anilines is 1. The second kappa shape index (κ2) is 9.30. The van der Waals surface area contributed by atoms with Crippen molar-refractivity contribution in [2.75, 3.05) is 44.2 Å². The van der Waals surface area contributed by atoms with Crippen LogP contribution in [0.5, 0.6) is 0 Å². The molecule has 2 heterocycles. The minimum absolute atomic E-state index is 0.0811. The molecule has 0 unspecified atom stereocenters. The Morgan fingerprint density at radius 3 is 2.28 bits per heavy atom. The van der Waals surface area contributed by atoms with Crippen molar-refractivity contribution in [2.45, 2.75) is 20.5 Å². The number of amides is 5. The summed E-state index contributed by atoms with van der Waals surface area (Å²) in [6.07, 6.45) is -0.728. The van der Waals surface area contributed by atoms with Crippen LogP contribution >= 0.6 is 0 Å². The average molecular weight is 437 g/mol. The van der Waals surface area contributed by atoms with E-state index in [0.29, 0.717) is 26.2 Å². The Labute approximate surface area is 187 Å². The van der Waals surface area contributed by atoms with Gasteiger partial charge in [0, 0.05) is 31.9 Å². The normalized spacial score (nSPS) is 16.5. The minimum atomic E-state index is -0.728. The maximum absolute atomic E-state index is 13.0. The highest BCUT2D eigenvalue weighted by Gasteiger charge is 2.40. The van der Waals surface area contributed by atoms with Crippen molar-refractivity contribution in [3.63, 3.8) is 0 Å². The van der Waals surface area contributed by atoms with Crippen molar-refractivity contribution >= 4 is 23.8 Å². The SMILES string of the molecule is Cc1ccc(C)c(N2CCN(C(=O)N3CCN(C(=O)OCc4ccccc4)C3=O)CC2)c1. The summed E-state index contributed by atoms with van der Waals surface area (Å²) in [5.74, 6) is 0. The number of carbonyl (C=O) groups excluding carboxylic acids is 3. The Hall–Kier alpha value is -3.55. The van der Waals surface area contributed by atoms with Gasteiger partial charge in [-0.05, 0) is 36.6 Å². The topological polar surface area (TPSA) is 73.4 Å². The summed E-state index contributed by atoms with van der Waals surface area (Å²) in [5.41, 5.74) is 4.42. The highest BCUT2D eigenvalue weighted by Crippen LogP contribution is 2.23. The first kappa shape index (κ1) is 21.7. The van der Waals surface area contributed by atoms with Crippen molar-refractivity contribution in [2.24, 2.45) is 0 Å². The Kier molecular flexibility index (Phi) is 6.30. The molecular formula is C24H28N4O4. The molecular weight excluding hydrogens is 408 g/mol. The van der Waals surface area contributed by atoms with Crippen molar-refractivity contribution in [3.05, 3.63) is 65.2 Å². The van der Waals surface area contributed by atoms with E-state index in [4.69, 9.17) is 4.74 Å². The van der Waals surface area contributed by atoms with Gasteiger partial charge in [-0.3, -0.25) is 0 Å². The zero-order valence-electron chi connectivity index (χ0n) is 18.5. The van der Waals surface area contributed by atoms with E-state index in [1.165, 1.54) is 16.8 Å². The molecule has 0 radical (unpaired) electrons. The summed E-state index contributed by atoms with van der Waals surface area (Å²) in [5, 5.41) is 0. The molecule has 32 heavy (non-hydrogen) atoms. The molecule has 0 saturated carbocycles. The number of ether oxygens (including phenoxy) is 1. The van der Waals surface area contributed by atoms with Crippen LogP contribution in [0.25, 0.3) is 0 Å². The molecule has 168 valence electrons. The van der Waals surface area contributed by atoms with Crippen LogP contribution in [0.4, 0.5) is 20.1 Å². The van der Waals surface area contributed by atoms with Gasteiger partial charge in [0.25, 0.3) is 0 Å². The zero-order valence-corrected chi connectivity index (χ0v) is 18.5. The van der Waals surface area contributed by atoms with Crippen molar-refractivity contribution in [3.8, 4) is 0 Å². The summed E-state index contributed by atoms with van der Waals surface area (Å²) in [6, 6.07) is 14.6. The van der Waals surface area contributed by atoms with Crippen LogP contribution in [-0.2, 0) is 11.3 Å². The number of rotatable bonds is 3. The molecule has 2 aromatic rings. The fourth-order valence-corrected chi connectivity index (χ4v) is 4.05. The quantitative estimate of drug-likeness (QED) is 0.735. The Morgan fingerprint density at radius 1 is 0.875 bits per heavy atom. The van der Waals surface area contributed by atoms with E-state index in [9.17, 15) is 14.4 Å². The fraction of sp³-hybridized carbons (Fsp3) is 0.375. The van der Waals surface area contributed by atoms with Crippen LogP contribution in [0, 0.1) is 13.8 Å².